The fourth-order valence-electron chi connectivity index (χ4n) is 0.937. The Balaban J connectivity index is 2.22. The molecule has 0 aliphatic carbocycles. The monoisotopic (exact) mass is 131 g/mol. The van der Waals surface area contributed by atoms with Gasteiger partial charge >= 0.3 is 0 Å². The molecule has 0 aromatic rings. The van der Waals surface area contributed by atoms with Gasteiger partial charge in [0, 0.05) is 6.61 Å². The lowest BCUT2D eigenvalue weighted by Crippen LogP contribution is -2.35. The van der Waals surface area contributed by atoms with Crippen LogP contribution < -0.4 is 5.73 Å². The van der Waals surface area contributed by atoms with Gasteiger partial charge in [-0.15, -0.1) is 0 Å². The van der Waals surface area contributed by atoms with Gasteiger partial charge in [-0.2, -0.15) is 0 Å². The van der Waals surface area contributed by atoms with Crippen molar-refractivity contribution >= 4 is 0 Å². The summed E-state index contributed by atoms with van der Waals surface area (Å²) in [5, 5.41) is 0. The van der Waals surface area contributed by atoms with E-state index in [1.165, 1.54) is 0 Å². The summed E-state index contributed by atoms with van der Waals surface area (Å²) < 4.78 is 10.3. The third-order valence-electron chi connectivity index (χ3n) is 1.45. The average molecular weight is 131 g/mol. The lowest BCUT2D eigenvalue weighted by molar-refractivity contribution is 0.0458. The summed E-state index contributed by atoms with van der Waals surface area (Å²) in [5.74, 6) is 0. The highest BCUT2D eigenvalue weighted by Crippen LogP contribution is 2.06. The van der Waals surface area contributed by atoms with E-state index in [-0.39, 0.29) is 12.1 Å². The zero-order valence-electron chi connectivity index (χ0n) is 5.67. The van der Waals surface area contributed by atoms with Crippen LogP contribution in [0.4, 0.5) is 0 Å². The number of rotatable bonds is 2. The topological polar surface area (TPSA) is 44.5 Å². The number of ether oxygens (including phenoxy) is 2. The van der Waals surface area contributed by atoms with Crippen LogP contribution in [0, 0.1) is 0 Å². The molecule has 0 spiro atoms. The minimum absolute atomic E-state index is 0.0879. The summed E-state index contributed by atoms with van der Waals surface area (Å²) in [5.41, 5.74) is 5.62. The molecule has 1 fully saturated rings. The maximum Gasteiger partial charge on any atom is 0.0981 e. The Bertz CT molecular complexity index is 87.1. The van der Waals surface area contributed by atoms with E-state index in [1.807, 2.05) is 6.92 Å². The molecule has 54 valence electrons. The van der Waals surface area contributed by atoms with Gasteiger partial charge in [0.15, 0.2) is 0 Å². The summed E-state index contributed by atoms with van der Waals surface area (Å²) >= 11 is 0. The predicted molar refractivity (Wildman–Crippen MR) is 34.2 cm³/mol. The molecule has 2 N–H and O–H groups in total. The molecular formula is C6H13NO2. The van der Waals surface area contributed by atoms with E-state index < -0.39 is 0 Å². The predicted octanol–water partition coefficient (Wildman–Crippen LogP) is -0.251. The lowest BCUT2D eigenvalue weighted by Gasteiger charge is -2.11. The van der Waals surface area contributed by atoms with Crippen LogP contribution in [-0.4, -0.2) is 32.0 Å². The molecule has 1 rings (SSSR count). The second-order valence-corrected chi connectivity index (χ2v) is 2.20. The van der Waals surface area contributed by atoms with Crippen LogP contribution in [0.2, 0.25) is 0 Å². The molecule has 0 bridgehead atoms. The highest BCUT2D eigenvalue weighted by atomic mass is 16.5. The van der Waals surface area contributed by atoms with Gasteiger partial charge in [0.05, 0.1) is 25.4 Å². The quantitative estimate of drug-likeness (QED) is 0.562. The molecule has 1 heterocycles. The molecule has 0 aromatic heterocycles. The van der Waals surface area contributed by atoms with Crippen LogP contribution in [0.5, 0.6) is 0 Å². The van der Waals surface area contributed by atoms with Crippen molar-refractivity contribution in [2.75, 3.05) is 19.8 Å². The van der Waals surface area contributed by atoms with E-state index in [4.69, 9.17) is 15.2 Å². The molecule has 1 aliphatic rings. The minimum Gasteiger partial charge on any atom is -0.377 e. The van der Waals surface area contributed by atoms with Crippen LogP contribution in [0.15, 0.2) is 0 Å². The molecule has 1 aliphatic heterocycles. The van der Waals surface area contributed by atoms with E-state index >= 15 is 0 Å². The van der Waals surface area contributed by atoms with Crippen molar-refractivity contribution in [3.63, 3.8) is 0 Å². The molecule has 2 atom stereocenters. The molecule has 0 unspecified atom stereocenters. The second-order valence-electron chi connectivity index (χ2n) is 2.20. The van der Waals surface area contributed by atoms with Crippen molar-refractivity contribution in [2.45, 2.75) is 19.1 Å². The van der Waals surface area contributed by atoms with Crippen molar-refractivity contribution < 1.29 is 9.47 Å². The third kappa shape index (κ3) is 1.64. The van der Waals surface area contributed by atoms with Gasteiger partial charge in [-0.1, -0.05) is 0 Å². The van der Waals surface area contributed by atoms with Gasteiger partial charge in [0.25, 0.3) is 0 Å². The zero-order valence-corrected chi connectivity index (χ0v) is 5.67. The first-order valence-corrected chi connectivity index (χ1v) is 3.29. The standard InChI is InChI=1S/C6H13NO2/c1-2-9-6-4-8-3-5(6)7/h5-6H,2-4,7H2,1H3/t5-,6-/m0/s1. The molecule has 3 nitrogen and oxygen atoms in total. The van der Waals surface area contributed by atoms with E-state index in [0.29, 0.717) is 13.2 Å². The molecule has 0 radical (unpaired) electrons. The van der Waals surface area contributed by atoms with E-state index in [9.17, 15) is 0 Å². The summed E-state index contributed by atoms with van der Waals surface area (Å²) in [6.07, 6.45) is 0.134. The molecule has 0 aromatic carbocycles. The lowest BCUT2D eigenvalue weighted by atomic mass is 10.2. The molecule has 1 saturated heterocycles. The minimum atomic E-state index is 0.0879. The molecular weight excluding hydrogens is 118 g/mol. The fourth-order valence-corrected chi connectivity index (χ4v) is 0.937. The summed E-state index contributed by atoms with van der Waals surface area (Å²) in [6.45, 7) is 3.99. The Labute approximate surface area is 55.1 Å². The number of hydrogen-bond donors (Lipinski definition) is 1. The van der Waals surface area contributed by atoms with Crippen molar-refractivity contribution in [2.24, 2.45) is 5.73 Å². The highest BCUT2D eigenvalue weighted by Gasteiger charge is 2.24. The SMILES string of the molecule is CCO[C@H]1COC[C@@H]1N. The largest absolute Gasteiger partial charge is 0.377 e. The maximum absolute atomic E-state index is 5.62. The van der Waals surface area contributed by atoms with E-state index in [1.54, 1.807) is 0 Å². The van der Waals surface area contributed by atoms with Crippen LogP contribution in [0.3, 0.4) is 0 Å². The number of hydrogen-bond acceptors (Lipinski definition) is 3. The summed E-state index contributed by atoms with van der Waals surface area (Å²) in [4.78, 5) is 0. The van der Waals surface area contributed by atoms with E-state index in [0.717, 1.165) is 6.61 Å². The van der Waals surface area contributed by atoms with Crippen molar-refractivity contribution in [3.8, 4) is 0 Å². The van der Waals surface area contributed by atoms with Crippen LogP contribution in [0.25, 0.3) is 0 Å². The van der Waals surface area contributed by atoms with Gasteiger partial charge in [-0.05, 0) is 6.92 Å². The van der Waals surface area contributed by atoms with Gasteiger partial charge in [0.2, 0.25) is 0 Å². The van der Waals surface area contributed by atoms with Crippen molar-refractivity contribution in [1.29, 1.82) is 0 Å². The van der Waals surface area contributed by atoms with Crippen molar-refractivity contribution in [3.05, 3.63) is 0 Å². The third-order valence-corrected chi connectivity index (χ3v) is 1.45. The summed E-state index contributed by atoms with van der Waals surface area (Å²) in [6, 6.07) is 0.0879. The molecule has 3 heteroatoms. The Kier molecular flexibility index (Phi) is 2.45. The first-order chi connectivity index (χ1) is 4.34. The van der Waals surface area contributed by atoms with Gasteiger partial charge in [-0.3, -0.25) is 0 Å². The smallest absolute Gasteiger partial charge is 0.0981 e. The second kappa shape index (κ2) is 3.15. The van der Waals surface area contributed by atoms with Gasteiger partial charge in [0.1, 0.15) is 0 Å². The normalized spacial score (nSPS) is 35.3. The van der Waals surface area contributed by atoms with Crippen LogP contribution in [0.1, 0.15) is 6.92 Å². The fraction of sp³-hybridized carbons (Fsp3) is 1.00. The van der Waals surface area contributed by atoms with Gasteiger partial charge < -0.3 is 15.2 Å². The molecule has 0 saturated carbocycles. The Hall–Kier alpha value is -0.120. The Morgan fingerprint density at radius 1 is 1.67 bits per heavy atom. The first kappa shape index (κ1) is 6.99. The van der Waals surface area contributed by atoms with Crippen molar-refractivity contribution in [1.82, 2.24) is 0 Å². The molecule has 9 heavy (non-hydrogen) atoms. The highest BCUT2D eigenvalue weighted by molar-refractivity contribution is 4.78. The van der Waals surface area contributed by atoms with Crippen LogP contribution in [-0.2, 0) is 9.47 Å². The van der Waals surface area contributed by atoms with Crippen LogP contribution >= 0.6 is 0 Å². The first-order valence-electron chi connectivity index (χ1n) is 3.29. The number of nitrogens with two attached hydrogens (primary N) is 1. The Morgan fingerprint density at radius 2 is 2.44 bits per heavy atom. The van der Waals surface area contributed by atoms with E-state index in [2.05, 4.69) is 0 Å². The van der Waals surface area contributed by atoms with Gasteiger partial charge in [-0.25, -0.2) is 0 Å². The average Bonchev–Trinajstić information content (AvgIpc) is 2.18. The Morgan fingerprint density at radius 3 is 2.89 bits per heavy atom. The summed E-state index contributed by atoms with van der Waals surface area (Å²) in [7, 11) is 0. The molecule has 0 amide bonds. The maximum atomic E-state index is 5.62. The zero-order chi connectivity index (χ0) is 6.69.